The second kappa shape index (κ2) is 7.07. The average Bonchev–Trinajstić information content (AvgIpc) is 3.21. The number of rotatable bonds is 3. The number of thiocarbonyl (C=S) groups is 1. The third-order valence-corrected chi connectivity index (χ3v) is 5.37. The van der Waals surface area contributed by atoms with Gasteiger partial charge in [-0.25, -0.2) is 0 Å². The molecule has 1 saturated heterocycles. The fraction of sp³-hybridized carbons (Fsp3) is 0. The molecule has 0 bridgehead atoms. The van der Waals surface area contributed by atoms with Crippen LogP contribution in [0.1, 0.15) is 5.76 Å². The molecule has 1 fully saturated rings. The van der Waals surface area contributed by atoms with Crippen LogP contribution >= 0.6 is 35.6 Å². The predicted molar refractivity (Wildman–Crippen MR) is 109 cm³/mol. The molecule has 4 rings (SSSR count). The Labute approximate surface area is 164 Å². The maximum Gasteiger partial charge on any atom is 0.270 e. The predicted octanol–water partition coefficient (Wildman–Crippen LogP) is 5.40. The Morgan fingerprint density at radius 3 is 2.77 bits per heavy atom. The number of furan rings is 1. The monoisotopic (exact) mass is 398 g/mol. The summed E-state index contributed by atoms with van der Waals surface area (Å²) in [5, 5.41) is 0.608. The third-order valence-electron chi connectivity index (χ3n) is 3.74. The van der Waals surface area contributed by atoms with E-state index in [0.717, 1.165) is 5.56 Å². The first kappa shape index (κ1) is 17.0. The molecule has 128 valence electrons. The Morgan fingerprint density at radius 2 is 2.00 bits per heavy atom. The summed E-state index contributed by atoms with van der Waals surface area (Å²) < 4.78 is 6.30. The van der Waals surface area contributed by atoms with Gasteiger partial charge < -0.3 is 4.42 Å². The highest BCUT2D eigenvalue weighted by atomic mass is 35.5. The van der Waals surface area contributed by atoms with Crippen molar-refractivity contribution in [3.63, 3.8) is 0 Å². The molecule has 2 aromatic heterocycles. The summed E-state index contributed by atoms with van der Waals surface area (Å²) in [6, 6.07) is 14.6. The lowest BCUT2D eigenvalue weighted by atomic mass is 10.2. The molecule has 0 spiro atoms. The van der Waals surface area contributed by atoms with Gasteiger partial charge >= 0.3 is 0 Å². The molecule has 0 aliphatic carbocycles. The van der Waals surface area contributed by atoms with Gasteiger partial charge in [-0.15, -0.1) is 0 Å². The fourth-order valence-corrected chi connectivity index (χ4v) is 4.05. The number of benzene rings is 1. The third kappa shape index (κ3) is 3.19. The number of carbonyl (C=O) groups excluding carboxylic acids is 1. The fourth-order valence-electron chi connectivity index (χ4n) is 2.54. The Bertz CT molecular complexity index is 1030. The number of halogens is 1. The molecule has 1 aliphatic rings. The number of thioether (sulfide) groups is 1. The second-order valence-corrected chi connectivity index (χ2v) is 7.49. The molecular weight excluding hydrogens is 388 g/mol. The first-order valence-corrected chi connectivity index (χ1v) is 9.26. The number of anilines is 1. The lowest BCUT2D eigenvalue weighted by Crippen LogP contribution is -2.27. The van der Waals surface area contributed by atoms with Crippen molar-refractivity contribution >= 4 is 57.6 Å². The Morgan fingerprint density at radius 1 is 1.15 bits per heavy atom. The largest absolute Gasteiger partial charge is 0.457 e. The Hall–Kier alpha value is -2.41. The van der Waals surface area contributed by atoms with Gasteiger partial charge in [0.15, 0.2) is 4.32 Å². The lowest BCUT2D eigenvalue weighted by molar-refractivity contribution is -0.113. The van der Waals surface area contributed by atoms with Crippen LogP contribution < -0.4 is 4.90 Å². The molecule has 1 amide bonds. The van der Waals surface area contributed by atoms with E-state index in [-0.39, 0.29) is 5.91 Å². The quantitative estimate of drug-likeness (QED) is 0.436. The normalized spacial score (nSPS) is 15.9. The molecule has 0 unspecified atom stereocenters. The summed E-state index contributed by atoms with van der Waals surface area (Å²) in [7, 11) is 0. The van der Waals surface area contributed by atoms with Crippen molar-refractivity contribution in [2.75, 3.05) is 4.90 Å². The van der Waals surface area contributed by atoms with Gasteiger partial charge in [-0.2, -0.15) is 0 Å². The van der Waals surface area contributed by atoms with Gasteiger partial charge in [0.1, 0.15) is 11.5 Å². The average molecular weight is 399 g/mol. The minimum Gasteiger partial charge on any atom is -0.457 e. The summed E-state index contributed by atoms with van der Waals surface area (Å²) in [5.41, 5.74) is 1.45. The first-order chi connectivity index (χ1) is 12.6. The van der Waals surface area contributed by atoms with Crippen LogP contribution in [0.3, 0.4) is 0 Å². The van der Waals surface area contributed by atoms with Gasteiger partial charge in [-0.3, -0.25) is 14.7 Å². The van der Waals surface area contributed by atoms with E-state index in [1.54, 1.807) is 42.7 Å². The van der Waals surface area contributed by atoms with Crippen molar-refractivity contribution in [3.05, 3.63) is 76.6 Å². The van der Waals surface area contributed by atoms with Crippen LogP contribution in [0.5, 0.6) is 0 Å². The van der Waals surface area contributed by atoms with Gasteiger partial charge in [0.05, 0.1) is 21.8 Å². The molecular formula is C19H11ClN2O2S2. The number of amides is 1. The number of aromatic nitrogens is 1. The lowest BCUT2D eigenvalue weighted by Gasteiger charge is -2.13. The van der Waals surface area contributed by atoms with E-state index < -0.39 is 0 Å². The van der Waals surface area contributed by atoms with E-state index in [1.807, 2.05) is 24.3 Å². The zero-order valence-electron chi connectivity index (χ0n) is 13.3. The second-order valence-electron chi connectivity index (χ2n) is 5.41. The molecule has 1 aromatic carbocycles. The van der Waals surface area contributed by atoms with Gasteiger partial charge in [0, 0.05) is 17.8 Å². The van der Waals surface area contributed by atoms with Gasteiger partial charge in [0.2, 0.25) is 0 Å². The standard InChI is InChI=1S/C19H11ClN2O2S2/c20-15-6-2-1-5-14(15)16-8-7-13(24-16)10-17-18(23)22(19(25)26-17)12-4-3-9-21-11-12/h1-11H/b17-10-. The van der Waals surface area contributed by atoms with Crippen molar-refractivity contribution < 1.29 is 9.21 Å². The van der Waals surface area contributed by atoms with Crippen molar-refractivity contribution in [1.82, 2.24) is 4.98 Å². The summed E-state index contributed by atoms with van der Waals surface area (Å²) in [5.74, 6) is 1.01. The summed E-state index contributed by atoms with van der Waals surface area (Å²) >= 11 is 12.8. The molecule has 1 aliphatic heterocycles. The number of hydrogen-bond donors (Lipinski definition) is 0. The van der Waals surface area contributed by atoms with E-state index >= 15 is 0 Å². The van der Waals surface area contributed by atoms with Crippen molar-refractivity contribution in [2.24, 2.45) is 0 Å². The summed E-state index contributed by atoms with van der Waals surface area (Å²) in [4.78, 5) is 18.7. The summed E-state index contributed by atoms with van der Waals surface area (Å²) in [6.07, 6.45) is 4.95. The van der Waals surface area contributed by atoms with E-state index in [9.17, 15) is 4.79 Å². The zero-order chi connectivity index (χ0) is 18.1. The maximum absolute atomic E-state index is 12.7. The van der Waals surface area contributed by atoms with Crippen LogP contribution in [0.2, 0.25) is 5.02 Å². The maximum atomic E-state index is 12.7. The molecule has 4 nitrogen and oxygen atoms in total. The number of hydrogen-bond acceptors (Lipinski definition) is 5. The van der Waals surface area contributed by atoms with E-state index in [1.165, 1.54) is 16.7 Å². The minimum absolute atomic E-state index is 0.191. The molecule has 3 heterocycles. The molecule has 7 heteroatoms. The minimum atomic E-state index is -0.191. The van der Waals surface area contributed by atoms with E-state index in [0.29, 0.717) is 31.5 Å². The number of pyridine rings is 1. The van der Waals surface area contributed by atoms with Crippen LogP contribution in [-0.4, -0.2) is 15.2 Å². The van der Waals surface area contributed by atoms with Crippen LogP contribution in [0.15, 0.2) is 70.2 Å². The molecule has 0 saturated carbocycles. The molecule has 3 aromatic rings. The van der Waals surface area contributed by atoms with Crippen LogP contribution in [-0.2, 0) is 4.79 Å². The van der Waals surface area contributed by atoms with Gasteiger partial charge in [-0.1, -0.05) is 47.7 Å². The van der Waals surface area contributed by atoms with Crippen molar-refractivity contribution in [2.45, 2.75) is 0 Å². The van der Waals surface area contributed by atoms with E-state index in [2.05, 4.69) is 4.98 Å². The molecule has 0 N–H and O–H groups in total. The van der Waals surface area contributed by atoms with Gasteiger partial charge in [0.25, 0.3) is 5.91 Å². The number of carbonyl (C=O) groups is 1. The molecule has 26 heavy (non-hydrogen) atoms. The highest BCUT2D eigenvalue weighted by Gasteiger charge is 2.33. The summed E-state index contributed by atoms with van der Waals surface area (Å²) in [6.45, 7) is 0. The van der Waals surface area contributed by atoms with Crippen LogP contribution in [0.4, 0.5) is 5.69 Å². The first-order valence-electron chi connectivity index (χ1n) is 7.66. The van der Waals surface area contributed by atoms with Crippen LogP contribution in [0.25, 0.3) is 17.4 Å². The molecule has 0 atom stereocenters. The Kier molecular flexibility index (Phi) is 4.63. The zero-order valence-corrected chi connectivity index (χ0v) is 15.6. The van der Waals surface area contributed by atoms with Gasteiger partial charge in [-0.05, 0) is 36.4 Å². The highest BCUT2D eigenvalue weighted by Crippen LogP contribution is 2.36. The molecule has 0 radical (unpaired) electrons. The SMILES string of the molecule is O=C1/C(=C/c2ccc(-c3ccccc3Cl)o2)SC(=S)N1c1cccnc1. The van der Waals surface area contributed by atoms with Crippen LogP contribution in [0, 0.1) is 0 Å². The smallest absolute Gasteiger partial charge is 0.270 e. The number of nitrogens with zero attached hydrogens (tertiary/aromatic N) is 2. The topological polar surface area (TPSA) is 46.3 Å². The van der Waals surface area contributed by atoms with E-state index in [4.69, 9.17) is 28.2 Å². The van der Waals surface area contributed by atoms with Crippen molar-refractivity contribution in [1.29, 1.82) is 0 Å². The van der Waals surface area contributed by atoms with Crippen molar-refractivity contribution in [3.8, 4) is 11.3 Å². The highest BCUT2D eigenvalue weighted by molar-refractivity contribution is 8.27. The Balaban J connectivity index is 1.63.